The lowest BCUT2D eigenvalue weighted by Crippen LogP contribution is -2.49. The summed E-state index contributed by atoms with van der Waals surface area (Å²) in [5.41, 5.74) is 2.12. The number of carbonyl (C=O) groups is 2. The molecular formula is C25H32Br2N2O3. The summed E-state index contributed by atoms with van der Waals surface area (Å²) in [4.78, 5) is 27.3. The molecule has 0 saturated carbocycles. The second kappa shape index (κ2) is 11.8. The molecule has 0 heterocycles. The van der Waals surface area contributed by atoms with Crippen molar-refractivity contribution in [3.05, 3.63) is 62.5 Å². The number of rotatable bonds is 9. The van der Waals surface area contributed by atoms with Crippen LogP contribution in [-0.2, 0) is 21.5 Å². The topological polar surface area (TPSA) is 58.6 Å². The molecule has 32 heavy (non-hydrogen) atoms. The van der Waals surface area contributed by atoms with Crippen LogP contribution in [0.2, 0.25) is 0 Å². The van der Waals surface area contributed by atoms with E-state index in [4.69, 9.17) is 4.74 Å². The Hall–Kier alpha value is -1.86. The average molecular weight is 568 g/mol. The normalized spacial score (nSPS) is 12.2. The van der Waals surface area contributed by atoms with E-state index in [-0.39, 0.29) is 23.8 Å². The van der Waals surface area contributed by atoms with E-state index in [0.717, 1.165) is 20.9 Å². The Morgan fingerprint density at radius 3 is 2.31 bits per heavy atom. The molecule has 5 nitrogen and oxygen atoms in total. The van der Waals surface area contributed by atoms with Crippen molar-refractivity contribution >= 4 is 43.7 Å². The van der Waals surface area contributed by atoms with Crippen LogP contribution < -0.4 is 10.1 Å². The van der Waals surface area contributed by atoms with E-state index in [1.54, 1.807) is 11.8 Å². The fraction of sp³-hybridized carbons (Fsp3) is 0.440. The molecule has 0 fully saturated rings. The number of ether oxygens (including phenoxy) is 1. The van der Waals surface area contributed by atoms with Crippen LogP contribution in [0.15, 0.2) is 51.4 Å². The minimum atomic E-state index is -0.618. The van der Waals surface area contributed by atoms with Crippen molar-refractivity contribution in [3.8, 4) is 5.75 Å². The monoisotopic (exact) mass is 566 g/mol. The molecule has 0 aliphatic heterocycles. The molecule has 0 bridgehead atoms. The zero-order chi connectivity index (χ0) is 23.9. The standard InChI is InChI=1S/C25H32Br2N2O3/c1-6-13-28-24(31)17(2)29(15-18-7-10-20(26)11-8-18)23(30)16-32-22-12-9-19(14-21(22)27)25(3,4)5/h7-12,14,17H,6,13,15-16H2,1-5H3,(H,28,31)/t17-/m0/s1. The number of halogens is 2. The highest BCUT2D eigenvalue weighted by Gasteiger charge is 2.26. The maximum absolute atomic E-state index is 13.1. The third kappa shape index (κ3) is 7.62. The van der Waals surface area contributed by atoms with E-state index < -0.39 is 6.04 Å². The summed E-state index contributed by atoms with van der Waals surface area (Å²) in [5, 5.41) is 2.88. The Balaban J connectivity index is 2.16. The molecule has 2 amide bonds. The van der Waals surface area contributed by atoms with Gasteiger partial charge in [-0.05, 0) is 70.1 Å². The molecular weight excluding hydrogens is 536 g/mol. The van der Waals surface area contributed by atoms with Gasteiger partial charge in [-0.2, -0.15) is 0 Å². The van der Waals surface area contributed by atoms with Gasteiger partial charge in [0.05, 0.1) is 4.47 Å². The molecule has 0 aliphatic rings. The molecule has 1 N–H and O–H groups in total. The van der Waals surface area contributed by atoms with Crippen LogP contribution in [-0.4, -0.2) is 35.9 Å². The van der Waals surface area contributed by atoms with Crippen molar-refractivity contribution in [2.75, 3.05) is 13.2 Å². The predicted molar refractivity (Wildman–Crippen MR) is 136 cm³/mol. The number of nitrogens with zero attached hydrogens (tertiary/aromatic N) is 1. The van der Waals surface area contributed by atoms with Crippen LogP contribution in [0.3, 0.4) is 0 Å². The summed E-state index contributed by atoms with van der Waals surface area (Å²) < 4.78 is 7.59. The third-order valence-corrected chi connectivity index (χ3v) is 6.28. The van der Waals surface area contributed by atoms with Gasteiger partial charge in [-0.15, -0.1) is 0 Å². The summed E-state index contributed by atoms with van der Waals surface area (Å²) in [7, 11) is 0. The molecule has 0 radical (unpaired) electrons. The number of benzene rings is 2. The van der Waals surface area contributed by atoms with Gasteiger partial charge in [0.2, 0.25) is 5.91 Å². The van der Waals surface area contributed by atoms with Crippen LogP contribution in [0.1, 0.15) is 52.2 Å². The highest BCUT2D eigenvalue weighted by Crippen LogP contribution is 2.31. The van der Waals surface area contributed by atoms with Crippen LogP contribution in [0.5, 0.6) is 5.75 Å². The summed E-state index contributed by atoms with van der Waals surface area (Å²) in [6.07, 6.45) is 0.834. The van der Waals surface area contributed by atoms with E-state index in [9.17, 15) is 9.59 Å². The third-order valence-electron chi connectivity index (χ3n) is 5.13. The van der Waals surface area contributed by atoms with E-state index in [1.807, 2.05) is 49.4 Å². The molecule has 1 atom stereocenters. The molecule has 0 spiro atoms. The average Bonchev–Trinajstić information content (AvgIpc) is 2.74. The van der Waals surface area contributed by atoms with E-state index in [1.165, 1.54) is 5.56 Å². The van der Waals surface area contributed by atoms with Crippen molar-refractivity contribution in [2.24, 2.45) is 0 Å². The molecule has 0 saturated heterocycles. The van der Waals surface area contributed by atoms with Gasteiger partial charge in [0, 0.05) is 17.6 Å². The quantitative estimate of drug-likeness (QED) is 0.414. The first-order valence-electron chi connectivity index (χ1n) is 10.8. The summed E-state index contributed by atoms with van der Waals surface area (Å²) in [5.74, 6) is 0.171. The molecule has 0 aromatic heterocycles. The molecule has 174 valence electrons. The molecule has 2 aromatic rings. The predicted octanol–water partition coefficient (Wildman–Crippen LogP) is 5.83. The number of nitrogens with one attached hydrogen (secondary N) is 1. The second-order valence-electron chi connectivity index (χ2n) is 8.80. The van der Waals surface area contributed by atoms with Gasteiger partial charge >= 0.3 is 0 Å². The number of carbonyl (C=O) groups excluding carboxylic acids is 2. The van der Waals surface area contributed by atoms with Crippen molar-refractivity contribution in [2.45, 2.75) is 59.0 Å². The zero-order valence-electron chi connectivity index (χ0n) is 19.4. The van der Waals surface area contributed by atoms with Crippen molar-refractivity contribution in [1.29, 1.82) is 0 Å². The summed E-state index contributed by atoms with van der Waals surface area (Å²) >= 11 is 6.98. The summed E-state index contributed by atoms with van der Waals surface area (Å²) in [6.45, 7) is 10.9. The van der Waals surface area contributed by atoms with Gasteiger partial charge in [-0.1, -0.05) is 61.8 Å². The fourth-order valence-corrected chi connectivity index (χ4v) is 3.83. The number of hydrogen-bond acceptors (Lipinski definition) is 3. The van der Waals surface area contributed by atoms with Crippen molar-refractivity contribution < 1.29 is 14.3 Å². The minimum Gasteiger partial charge on any atom is -0.483 e. The van der Waals surface area contributed by atoms with Gasteiger partial charge < -0.3 is 15.0 Å². The first-order chi connectivity index (χ1) is 15.0. The summed E-state index contributed by atoms with van der Waals surface area (Å²) in [6, 6.07) is 13.0. The molecule has 2 rings (SSSR count). The Morgan fingerprint density at radius 2 is 1.75 bits per heavy atom. The van der Waals surface area contributed by atoms with Gasteiger partial charge in [0.15, 0.2) is 6.61 Å². The maximum Gasteiger partial charge on any atom is 0.261 e. The van der Waals surface area contributed by atoms with E-state index in [0.29, 0.717) is 18.8 Å². The largest absolute Gasteiger partial charge is 0.483 e. The molecule has 0 unspecified atom stereocenters. The van der Waals surface area contributed by atoms with Gasteiger partial charge in [-0.25, -0.2) is 0 Å². The molecule has 7 heteroatoms. The Morgan fingerprint density at radius 1 is 1.09 bits per heavy atom. The Kier molecular flexibility index (Phi) is 9.77. The number of hydrogen-bond donors (Lipinski definition) is 1. The maximum atomic E-state index is 13.1. The van der Waals surface area contributed by atoms with Crippen LogP contribution in [0.25, 0.3) is 0 Å². The fourth-order valence-electron chi connectivity index (χ4n) is 3.07. The smallest absolute Gasteiger partial charge is 0.261 e. The molecule has 0 aliphatic carbocycles. The minimum absolute atomic E-state index is 0.0135. The highest BCUT2D eigenvalue weighted by molar-refractivity contribution is 9.10. The lowest BCUT2D eigenvalue weighted by Gasteiger charge is -2.29. The van der Waals surface area contributed by atoms with Crippen LogP contribution >= 0.6 is 31.9 Å². The lowest BCUT2D eigenvalue weighted by molar-refractivity contribution is -0.142. The van der Waals surface area contributed by atoms with Crippen molar-refractivity contribution in [1.82, 2.24) is 10.2 Å². The second-order valence-corrected chi connectivity index (χ2v) is 10.6. The molecule has 2 aromatic carbocycles. The zero-order valence-corrected chi connectivity index (χ0v) is 22.5. The lowest BCUT2D eigenvalue weighted by atomic mass is 9.87. The van der Waals surface area contributed by atoms with Crippen LogP contribution in [0.4, 0.5) is 0 Å². The SMILES string of the molecule is CCCNC(=O)[C@H](C)N(Cc1ccc(Br)cc1)C(=O)COc1ccc(C(C)(C)C)cc1Br. The highest BCUT2D eigenvalue weighted by atomic mass is 79.9. The number of amides is 2. The van der Waals surface area contributed by atoms with Gasteiger partial charge in [-0.3, -0.25) is 9.59 Å². The first-order valence-corrected chi connectivity index (χ1v) is 12.4. The van der Waals surface area contributed by atoms with Crippen molar-refractivity contribution in [3.63, 3.8) is 0 Å². The van der Waals surface area contributed by atoms with Gasteiger partial charge in [0.1, 0.15) is 11.8 Å². The first kappa shape index (κ1) is 26.4. The Bertz CT molecular complexity index is 924. The Labute approximate surface area is 208 Å². The van der Waals surface area contributed by atoms with E-state index >= 15 is 0 Å². The van der Waals surface area contributed by atoms with Crippen LogP contribution in [0, 0.1) is 0 Å². The van der Waals surface area contributed by atoms with Gasteiger partial charge in [0.25, 0.3) is 5.91 Å². The van der Waals surface area contributed by atoms with E-state index in [2.05, 4.69) is 57.9 Å².